The normalized spacial score (nSPS) is 28.8. The second-order valence-corrected chi connectivity index (χ2v) is 2.20. The number of Topliss-reactive ketones (excluding diaryl/α,β-unsaturated/α-hetero) is 2. The minimum atomic E-state index is -1.01. The maximum Gasteiger partial charge on any atom is 0.226 e. The van der Waals surface area contributed by atoms with E-state index in [9.17, 15) is 9.59 Å². The second-order valence-electron chi connectivity index (χ2n) is 2.20. The number of rotatable bonds is 0. The van der Waals surface area contributed by atoms with Gasteiger partial charge in [0, 0.05) is 6.42 Å². The molecule has 9 heavy (non-hydrogen) atoms. The maximum atomic E-state index is 10.5. The molecule has 0 saturated heterocycles. The largest absolute Gasteiger partial charge is 0.385 e. The first-order chi connectivity index (χ1) is 4.22. The standard InChI is InChI=1S/C6H8O3/c7-4-2-1-3-5(8)6(4)9/h4,7H,1-3H2. The zero-order chi connectivity index (χ0) is 6.85. The van der Waals surface area contributed by atoms with Crippen molar-refractivity contribution < 1.29 is 14.7 Å². The van der Waals surface area contributed by atoms with Gasteiger partial charge in [-0.1, -0.05) is 0 Å². The summed E-state index contributed by atoms with van der Waals surface area (Å²) in [4.78, 5) is 21.0. The van der Waals surface area contributed by atoms with Crippen molar-refractivity contribution in [2.24, 2.45) is 0 Å². The lowest BCUT2D eigenvalue weighted by Crippen LogP contribution is -2.32. The molecule has 0 aliphatic heterocycles. The Labute approximate surface area is 52.7 Å². The summed E-state index contributed by atoms with van der Waals surface area (Å²) < 4.78 is 0. The van der Waals surface area contributed by atoms with Gasteiger partial charge in [0.2, 0.25) is 11.6 Å². The summed E-state index contributed by atoms with van der Waals surface area (Å²) in [6, 6.07) is 0. The highest BCUT2D eigenvalue weighted by Crippen LogP contribution is 2.10. The average molecular weight is 128 g/mol. The summed E-state index contributed by atoms with van der Waals surface area (Å²) in [6.07, 6.45) is 0.401. The summed E-state index contributed by atoms with van der Waals surface area (Å²) in [5, 5.41) is 8.78. The Morgan fingerprint density at radius 2 is 2.11 bits per heavy atom. The minimum Gasteiger partial charge on any atom is -0.385 e. The lowest BCUT2D eigenvalue weighted by Gasteiger charge is -2.12. The molecule has 1 aliphatic rings. The fraction of sp³-hybridized carbons (Fsp3) is 0.667. The average Bonchev–Trinajstić information content (AvgIpc) is 1.83. The number of aliphatic hydroxyl groups is 1. The maximum absolute atomic E-state index is 10.5. The van der Waals surface area contributed by atoms with Crippen molar-refractivity contribution in [3.8, 4) is 0 Å². The zero-order valence-corrected chi connectivity index (χ0v) is 4.96. The Morgan fingerprint density at radius 1 is 1.44 bits per heavy atom. The van der Waals surface area contributed by atoms with Crippen LogP contribution in [0.15, 0.2) is 0 Å². The van der Waals surface area contributed by atoms with Crippen LogP contribution in [0.4, 0.5) is 0 Å². The second kappa shape index (κ2) is 2.27. The van der Waals surface area contributed by atoms with Gasteiger partial charge < -0.3 is 5.11 Å². The van der Waals surface area contributed by atoms with Gasteiger partial charge in [-0.15, -0.1) is 0 Å². The highest BCUT2D eigenvalue weighted by Gasteiger charge is 2.26. The molecule has 1 fully saturated rings. The van der Waals surface area contributed by atoms with Crippen molar-refractivity contribution in [2.45, 2.75) is 25.4 Å². The molecule has 1 N–H and O–H groups in total. The molecule has 1 saturated carbocycles. The van der Waals surface area contributed by atoms with Crippen LogP contribution in [0.2, 0.25) is 0 Å². The predicted octanol–water partition coefficient (Wildman–Crippen LogP) is -0.331. The third-order valence-corrected chi connectivity index (χ3v) is 1.46. The van der Waals surface area contributed by atoms with E-state index in [2.05, 4.69) is 0 Å². The van der Waals surface area contributed by atoms with Gasteiger partial charge in [-0.2, -0.15) is 0 Å². The van der Waals surface area contributed by atoms with Crippen molar-refractivity contribution in [1.29, 1.82) is 0 Å². The van der Waals surface area contributed by atoms with Crippen LogP contribution in [0.25, 0.3) is 0 Å². The van der Waals surface area contributed by atoms with E-state index in [4.69, 9.17) is 5.11 Å². The van der Waals surface area contributed by atoms with E-state index in [0.717, 1.165) is 0 Å². The van der Waals surface area contributed by atoms with E-state index in [1.54, 1.807) is 0 Å². The molecule has 3 heteroatoms. The molecule has 0 heterocycles. The molecule has 1 unspecified atom stereocenters. The molecule has 0 amide bonds. The number of ketones is 2. The molecule has 0 radical (unpaired) electrons. The van der Waals surface area contributed by atoms with E-state index in [0.29, 0.717) is 19.3 Å². The summed E-state index contributed by atoms with van der Waals surface area (Å²) in [6.45, 7) is 0. The van der Waals surface area contributed by atoms with Crippen molar-refractivity contribution in [3.63, 3.8) is 0 Å². The summed E-state index contributed by atoms with van der Waals surface area (Å²) >= 11 is 0. The molecule has 0 bridgehead atoms. The van der Waals surface area contributed by atoms with Crippen LogP contribution in [0.3, 0.4) is 0 Å². The lowest BCUT2D eigenvalue weighted by molar-refractivity contribution is -0.143. The van der Waals surface area contributed by atoms with Crippen LogP contribution >= 0.6 is 0 Å². The summed E-state index contributed by atoms with van der Waals surface area (Å²) in [5.41, 5.74) is 0. The fourth-order valence-electron chi connectivity index (χ4n) is 0.896. The quantitative estimate of drug-likeness (QED) is 0.454. The highest BCUT2D eigenvalue weighted by molar-refractivity contribution is 6.39. The van der Waals surface area contributed by atoms with Crippen molar-refractivity contribution in [3.05, 3.63) is 0 Å². The van der Waals surface area contributed by atoms with Crippen LogP contribution in [-0.2, 0) is 9.59 Å². The molecule has 0 aromatic rings. The number of carbonyl (C=O) groups excluding carboxylic acids is 2. The Bertz CT molecular complexity index is 150. The molecular formula is C6H8O3. The molecule has 1 rings (SSSR count). The van der Waals surface area contributed by atoms with E-state index in [1.165, 1.54) is 0 Å². The van der Waals surface area contributed by atoms with Crippen LogP contribution in [0.5, 0.6) is 0 Å². The summed E-state index contributed by atoms with van der Waals surface area (Å²) in [5.74, 6) is -1.03. The van der Waals surface area contributed by atoms with Gasteiger partial charge in [-0.05, 0) is 12.8 Å². The number of carbonyl (C=O) groups is 2. The third kappa shape index (κ3) is 1.16. The van der Waals surface area contributed by atoms with Crippen LogP contribution in [-0.4, -0.2) is 22.8 Å². The Hall–Kier alpha value is -0.700. The summed E-state index contributed by atoms with van der Waals surface area (Å²) in [7, 11) is 0. The van der Waals surface area contributed by atoms with Gasteiger partial charge in [0.25, 0.3) is 0 Å². The van der Waals surface area contributed by atoms with Gasteiger partial charge in [0.15, 0.2) is 0 Å². The molecule has 0 aromatic heterocycles. The molecule has 1 atom stereocenters. The van der Waals surface area contributed by atoms with Crippen LogP contribution in [0.1, 0.15) is 19.3 Å². The third-order valence-electron chi connectivity index (χ3n) is 1.46. The van der Waals surface area contributed by atoms with E-state index in [1.807, 2.05) is 0 Å². The van der Waals surface area contributed by atoms with Gasteiger partial charge in [0.05, 0.1) is 0 Å². The Morgan fingerprint density at radius 3 is 2.56 bits per heavy atom. The van der Waals surface area contributed by atoms with Crippen LogP contribution < -0.4 is 0 Å². The van der Waals surface area contributed by atoms with Crippen LogP contribution in [0, 0.1) is 0 Å². The fourth-order valence-corrected chi connectivity index (χ4v) is 0.896. The SMILES string of the molecule is O=C1CCCC(O)C1=O. The van der Waals surface area contributed by atoms with Crippen molar-refractivity contribution in [1.82, 2.24) is 0 Å². The molecule has 0 spiro atoms. The zero-order valence-electron chi connectivity index (χ0n) is 4.96. The molecule has 50 valence electrons. The first-order valence-electron chi connectivity index (χ1n) is 2.97. The van der Waals surface area contributed by atoms with Gasteiger partial charge in [-0.25, -0.2) is 0 Å². The first kappa shape index (κ1) is 6.42. The van der Waals surface area contributed by atoms with E-state index < -0.39 is 17.7 Å². The van der Waals surface area contributed by atoms with Crippen molar-refractivity contribution in [2.75, 3.05) is 0 Å². The molecule has 3 nitrogen and oxygen atoms in total. The van der Waals surface area contributed by atoms with Gasteiger partial charge >= 0.3 is 0 Å². The molecule has 1 aliphatic carbocycles. The lowest BCUT2D eigenvalue weighted by atomic mass is 9.95. The van der Waals surface area contributed by atoms with E-state index >= 15 is 0 Å². The highest BCUT2D eigenvalue weighted by atomic mass is 16.3. The first-order valence-corrected chi connectivity index (χ1v) is 2.97. The Kier molecular flexibility index (Phi) is 1.62. The van der Waals surface area contributed by atoms with Crippen molar-refractivity contribution >= 4 is 11.6 Å². The predicted molar refractivity (Wildman–Crippen MR) is 29.9 cm³/mol. The number of aliphatic hydroxyl groups excluding tert-OH is 1. The van der Waals surface area contributed by atoms with E-state index in [-0.39, 0.29) is 0 Å². The molecular weight excluding hydrogens is 120 g/mol. The van der Waals surface area contributed by atoms with Gasteiger partial charge in [0.1, 0.15) is 6.10 Å². The smallest absolute Gasteiger partial charge is 0.226 e. The topological polar surface area (TPSA) is 54.4 Å². The van der Waals surface area contributed by atoms with Gasteiger partial charge in [-0.3, -0.25) is 9.59 Å². The monoisotopic (exact) mass is 128 g/mol. The molecule has 0 aromatic carbocycles. The number of hydrogen-bond donors (Lipinski definition) is 1. The Balaban J connectivity index is 2.62. The number of hydrogen-bond acceptors (Lipinski definition) is 3. The minimum absolute atomic E-state index is 0.315.